The van der Waals surface area contributed by atoms with Crippen LogP contribution in [0.2, 0.25) is 5.02 Å². The molecule has 1 N–H and O–H groups in total. The normalized spacial score (nSPS) is 11.4. The first-order valence-electron chi connectivity index (χ1n) is 9.62. The number of aryl methyl sites for hydroxylation is 3. The van der Waals surface area contributed by atoms with Gasteiger partial charge in [0.2, 0.25) is 11.8 Å². The van der Waals surface area contributed by atoms with Crippen LogP contribution >= 0.6 is 11.6 Å². The van der Waals surface area contributed by atoms with Crippen molar-refractivity contribution < 1.29 is 13.2 Å². The van der Waals surface area contributed by atoms with Crippen LogP contribution in [0, 0.1) is 13.8 Å². The van der Waals surface area contributed by atoms with Gasteiger partial charge in [-0.15, -0.1) is 0 Å². The van der Waals surface area contributed by atoms with Gasteiger partial charge < -0.3 is 4.74 Å². The Kier molecular flexibility index (Phi) is 5.86. The van der Waals surface area contributed by atoms with E-state index in [-0.39, 0.29) is 16.7 Å². The third kappa shape index (κ3) is 4.74. The topological polar surface area (TPSA) is 99.0 Å². The van der Waals surface area contributed by atoms with E-state index in [4.69, 9.17) is 16.3 Å². The van der Waals surface area contributed by atoms with Crippen LogP contribution in [0.1, 0.15) is 11.1 Å². The number of nitrogens with zero attached hydrogens (tertiary/aromatic N) is 4. The van der Waals surface area contributed by atoms with Gasteiger partial charge in [0.25, 0.3) is 10.0 Å². The van der Waals surface area contributed by atoms with Gasteiger partial charge in [0.1, 0.15) is 10.6 Å². The molecule has 2 heterocycles. The van der Waals surface area contributed by atoms with Crippen LogP contribution in [0.5, 0.6) is 11.6 Å². The average molecular weight is 470 g/mol. The summed E-state index contributed by atoms with van der Waals surface area (Å²) in [6.07, 6.45) is 2.64. The van der Waals surface area contributed by atoms with Gasteiger partial charge in [-0.05, 0) is 49.2 Å². The van der Waals surface area contributed by atoms with Crippen LogP contribution in [0.3, 0.4) is 0 Å². The molecule has 0 amide bonds. The van der Waals surface area contributed by atoms with Crippen molar-refractivity contribution in [2.24, 2.45) is 7.05 Å². The summed E-state index contributed by atoms with van der Waals surface area (Å²) < 4.78 is 35.3. The summed E-state index contributed by atoms with van der Waals surface area (Å²) in [5.41, 5.74) is 3.38. The summed E-state index contributed by atoms with van der Waals surface area (Å²) in [6, 6.07) is 14.3. The van der Waals surface area contributed by atoms with Crippen LogP contribution in [-0.4, -0.2) is 28.2 Å². The van der Waals surface area contributed by atoms with Gasteiger partial charge in [0.15, 0.2) is 0 Å². The molecule has 32 heavy (non-hydrogen) atoms. The SMILES string of the molecule is Cc1cccc(C)c1-c1cc(Oc2ccc(Cl)cc2)nc(NS(=O)(=O)c2cnn(C)c2)n1. The number of hydrogen-bond acceptors (Lipinski definition) is 6. The molecular formula is C22H20ClN5O3S. The molecule has 0 saturated heterocycles. The van der Waals surface area contributed by atoms with E-state index in [1.54, 1.807) is 37.4 Å². The van der Waals surface area contributed by atoms with Crippen LogP contribution in [0.4, 0.5) is 5.95 Å². The molecule has 0 spiro atoms. The smallest absolute Gasteiger partial charge is 0.267 e. The summed E-state index contributed by atoms with van der Waals surface area (Å²) in [5, 5.41) is 4.49. The average Bonchev–Trinajstić information content (AvgIpc) is 3.17. The maximum absolute atomic E-state index is 12.8. The molecule has 0 unspecified atom stereocenters. The summed E-state index contributed by atoms with van der Waals surface area (Å²) in [6.45, 7) is 3.92. The molecule has 0 atom stereocenters. The molecule has 4 rings (SSSR count). The molecular weight excluding hydrogens is 450 g/mol. The summed E-state index contributed by atoms with van der Waals surface area (Å²) in [4.78, 5) is 8.74. The molecule has 0 fully saturated rings. The lowest BCUT2D eigenvalue weighted by molar-refractivity contribution is 0.463. The van der Waals surface area contributed by atoms with Crippen molar-refractivity contribution in [3.63, 3.8) is 0 Å². The summed E-state index contributed by atoms with van der Waals surface area (Å²) in [7, 11) is -2.30. The Bertz CT molecular complexity index is 1360. The van der Waals surface area contributed by atoms with Crippen molar-refractivity contribution in [1.82, 2.24) is 19.7 Å². The second-order valence-electron chi connectivity index (χ2n) is 7.19. The Balaban J connectivity index is 1.79. The first-order chi connectivity index (χ1) is 15.2. The van der Waals surface area contributed by atoms with E-state index >= 15 is 0 Å². The van der Waals surface area contributed by atoms with Crippen molar-refractivity contribution in [1.29, 1.82) is 0 Å². The Morgan fingerprint density at radius 2 is 1.72 bits per heavy atom. The van der Waals surface area contributed by atoms with Gasteiger partial charge in [0, 0.05) is 29.9 Å². The molecule has 8 nitrogen and oxygen atoms in total. The monoisotopic (exact) mass is 469 g/mol. The molecule has 4 aromatic rings. The number of aromatic nitrogens is 4. The molecule has 164 valence electrons. The molecule has 2 aromatic carbocycles. The summed E-state index contributed by atoms with van der Waals surface area (Å²) in [5.74, 6) is 0.573. The van der Waals surface area contributed by atoms with Crippen molar-refractivity contribution in [3.8, 4) is 22.9 Å². The lowest BCUT2D eigenvalue weighted by Gasteiger charge is -2.13. The first-order valence-corrected chi connectivity index (χ1v) is 11.5. The third-order valence-corrected chi connectivity index (χ3v) is 6.23. The van der Waals surface area contributed by atoms with E-state index in [9.17, 15) is 8.42 Å². The van der Waals surface area contributed by atoms with E-state index in [0.717, 1.165) is 16.7 Å². The van der Waals surface area contributed by atoms with Gasteiger partial charge in [0.05, 0.1) is 11.9 Å². The minimum Gasteiger partial charge on any atom is -0.439 e. The number of hydrogen-bond donors (Lipinski definition) is 1. The second kappa shape index (κ2) is 8.60. The number of ether oxygens (including phenoxy) is 1. The zero-order valence-electron chi connectivity index (χ0n) is 17.6. The Hall–Kier alpha value is -3.43. The van der Waals surface area contributed by atoms with Crippen LogP contribution < -0.4 is 9.46 Å². The highest BCUT2D eigenvalue weighted by Crippen LogP contribution is 2.31. The lowest BCUT2D eigenvalue weighted by Crippen LogP contribution is -2.15. The van der Waals surface area contributed by atoms with E-state index in [0.29, 0.717) is 16.5 Å². The zero-order chi connectivity index (χ0) is 22.9. The predicted octanol–water partition coefficient (Wildman–Crippen LogP) is 4.74. The van der Waals surface area contributed by atoms with Crippen LogP contribution in [0.25, 0.3) is 11.3 Å². The molecule has 2 aromatic heterocycles. The second-order valence-corrected chi connectivity index (χ2v) is 9.31. The quantitative estimate of drug-likeness (QED) is 0.438. The largest absolute Gasteiger partial charge is 0.439 e. The van der Waals surface area contributed by atoms with Crippen molar-refractivity contribution in [3.05, 3.63) is 77.1 Å². The molecule has 0 aliphatic heterocycles. The minimum atomic E-state index is -3.94. The van der Waals surface area contributed by atoms with Crippen molar-refractivity contribution in [2.75, 3.05) is 4.72 Å². The summed E-state index contributed by atoms with van der Waals surface area (Å²) >= 11 is 5.95. The zero-order valence-corrected chi connectivity index (χ0v) is 19.1. The Labute approximate surface area is 190 Å². The molecule has 0 radical (unpaired) electrons. The molecule has 0 bridgehead atoms. The molecule has 0 aliphatic carbocycles. The highest BCUT2D eigenvalue weighted by atomic mass is 35.5. The minimum absolute atomic E-state index is 0.00115. The van der Waals surface area contributed by atoms with Crippen molar-refractivity contribution >= 4 is 27.6 Å². The Morgan fingerprint density at radius 1 is 1.03 bits per heavy atom. The number of sulfonamides is 1. The molecule has 0 aliphatic rings. The third-order valence-electron chi connectivity index (χ3n) is 4.69. The van der Waals surface area contributed by atoms with Gasteiger partial charge >= 0.3 is 0 Å². The first kappa shape index (κ1) is 21.8. The van der Waals surface area contributed by atoms with E-state index in [1.165, 1.54) is 17.1 Å². The maximum atomic E-state index is 12.8. The standard InChI is InChI=1S/C22H20ClN5O3S/c1-14-5-4-6-15(2)21(14)19-11-20(31-17-9-7-16(23)8-10-17)26-22(25-19)27-32(29,30)18-12-24-28(3)13-18/h4-13H,1-3H3,(H,25,26,27). The molecule has 0 saturated carbocycles. The van der Waals surface area contributed by atoms with E-state index in [2.05, 4.69) is 19.8 Å². The number of rotatable bonds is 6. The van der Waals surface area contributed by atoms with Gasteiger partial charge in [-0.3, -0.25) is 4.68 Å². The van der Waals surface area contributed by atoms with E-state index < -0.39 is 10.0 Å². The Morgan fingerprint density at radius 3 is 2.34 bits per heavy atom. The maximum Gasteiger partial charge on any atom is 0.267 e. The number of nitrogens with one attached hydrogen (secondary N) is 1. The number of benzene rings is 2. The van der Waals surface area contributed by atoms with Gasteiger partial charge in [-0.25, -0.2) is 18.1 Å². The van der Waals surface area contributed by atoms with Crippen LogP contribution in [-0.2, 0) is 17.1 Å². The fraction of sp³-hybridized carbons (Fsp3) is 0.136. The predicted molar refractivity (Wildman–Crippen MR) is 122 cm³/mol. The van der Waals surface area contributed by atoms with Gasteiger partial charge in [-0.1, -0.05) is 29.8 Å². The number of halogens is 1. The highest BCUT2D eigenvalue weighted by Gasteiger charge is 2.20. The molecule has 10 heteroatoms. The van der Waals surface area contributed by atoms with E-state index in [1.807, 2.05) is 32.0 Å². The highest BCUT2D eigenvalue weighted by molar-refractivity contribution is 7.92. The van der Waals surface area contributed by atoms with Crippen LogP contribution in [0.15, 0.2) is 65.8 Å². The lowest BCUT2D eigenvalue weighted by atomic mass is 10.00. The number of anilines is 1. The van der Waals surface area contributed by atoms with Crippen molar-refractivity contribution in [2.45, 2.75) is 18.7 Å². The fourth-order valence-electron chi connectivity index (χ4n) is 3.21. The van der Waals surface area contributed by atoms with Gasteiger partial charge in [-0.2, -0.15) is 10.1 Å². The fourth-order valence-corrected chi connectivity index (χ4v) is 4.26.